The average molecular weight is 219 g/mol. The second kappa shape index (κ2) is 4.26. The first-order valence-electron chi connectivity index (χ1n) is 4.99. The van der Waals surface area contributed by atoms with E-state index >= 15 is 0 Å². The SMILES string of the molecule is COC(=O)C1=C(N)OCC1c1ccccc1. The maximum atomic E-state index is 11.6. The minimum absolute atomic E-state index is 0.131. The molecule has 0 amide bonds. The number of carbonyl (C=O) groups is 1. The predicted molar refractivity (Wildman–Crippen MR) is 58.4 cm³/mol. The van der Waals surface area contributed by atoms with Crippen LogP contribution in [-0.2, 0) is 14.3 Å². The summed E-state index contributed by atoms with van der Waals surface area (Å²) in [6.07, 6.45) is 0. The van der Waals surface area contributed by atoms with Gasteiger partial charge in [0.15, 0.2) is 5.88 Å². The highest BCUT2D eigenvalue weighted by Crippen LogP contribution is 2.32. The van der Waals surface area contributed by atoms with Gasteiger partial charge in [0, 0.05) is 0 Å². The summed E-state index contributed by atoms with van der Waals surface area (Å²) in [5.41, 5.74) is 7.05. The van der Waals surface area contributed by atoms with Crippen LogP contribution in [-0.4, -0.2) is 19.7 Å². The molecular formula is C12H13NO3. The smallest absolute Gasteiger partial charge is 0.339 e. The van der Waals surface area contributed by atoms with Crippen LogP contribution in [0, 0.1) is 0 Å². The maximum absolute atomic E-state index is 11.6. The van der Waals surface area contributed by atoms with Gasteiger partial charge in [-0.3, -0.25) is 0 Å². The Kier molecular flexibility index (Phi) is 2.81. The van der Waals surface area contributed by atoms with E-state index in [0.29, 0.717) is 12.2 Å². The third-order valence-corrected chi connectivity index (χ3v) is 2.63. The minimum Gasteiger partial charge on any atom is -0.478 e. The fourth-order valence-electron chi connectivity index (χ4n) is 1.81. The highest BCUT2D eigenvalue weighted by molar-refractivity contribution is 5.91. The Balaban J connectivity index is 2.34. The van der Waals surface area contributed by atoms with Crippen molar-refractivity contribution in [3.05, 3.63) is 47.4 Å². The monoisotopic (exact) mass is 219 g/mol. The zero-order valence-corrected chi connectivity index (χ0v) is 8.97. The summed E-state index contributed by atoms with van der Waals surface area (Å²) in [4.78, 5) is 11.6. The first-order valence-corrected chi connectivity index (χ1v) is 4.99. The van der Waals surface area contributed by atoms with Gasteiger partial charge in [-0.05, 0) is 5.56 Å². The van der Waals surface area contributed by atoms with Gasteiger partial charge in [-0.15, -0.1) is 0 Å². The molecule has 84 valence electrons. The number of benzene rings is 1. The van der Waals surface area contributed by atoms with Crippen molar-refractivity contribution in [1.82, 2.24) is 0 Å². The number of hydrogen-bond donors (Lipinski definition) is 1. The zero-order chi connectivity index (χ0) is 11.5. The highest BCUT2D eigenvalue weighted by atomic mass is 16.5. The summed E-state index contributed by atoms with van der Waals surface area (Å²) in [7, 11) is 1.34. The van der Waals surface area contributed by atoms with Crippen molar-refractivity contribution < 1.29 is 14.3 Å². The summed E-state index contributed by atoms with van der Waals surface area (Å²) < 4.78 is 9.91. The van der Waals surface area contributed by atoms with Crippen LogP contribution in [0.2, 0.25) is 0 Å². The van der Waals surface area contributed by atoms with Crippen molar-refractivity contribution in [2.24, 2.45) is 5.73 Å². The van der Waals surface area contributed by atoms with Crippen molar-refractivity contribution >= 4 is 5.97 Å². The lowest BCUT2D eigenvalue weighted by atomic mass is 9.93. The molecule has 0 saturated carbocycles. The first kappa shape index (κ1) is 10.5. The van der Waals surface area contributed by atoms with Crippen molar-refractivity contribution in [1.29, 1.82) is 0 Å². The molecular weight excluding hydrogens is 206 g/mol. The third kappa shape index (κ3) is 1.74. The fourth-order valence-corrected chi connectivity index (χ4v) is 1.81. The van der Waals surface area contributed by atoms with E-state index < -0.39 is 5.97 Å². The molecule has 2 rings (SSSR count). The Hall–Kier alpha value is -1.97. The maximum Gasteiger partial charge on any atom is 0.339 e. The predicted octanol–water partition coefficient (Wildman–Crippen LogP) is 1.14. The molecule has 0 radical (unpaired) electrons. The molecule has 0 saturated heterocycles. The Morgan fingerprint density at radius 2 is 2.12 bits per heavy atom. The number of methoxy groups -OCH3 is 1. The summed E-state index contributed by atoms with van der Waals surface area (Å²) in [6, 6.07) is 9.63. The van der Waals surface area contributed by atoms with E-state index in [2.05, 4.69) is 0 Å². The molecule has 1 aliphatic heterocycles. The van der Waals surface area contributed by atoms with E-state index in [1.807, 2.05) is 30.3 Å². The number of nitrogens with two attached hydrogens (primary N) is 1. The molecule has 0 spiro atoms. The van der Waals surface area contributed by atoms with E-state index in [1.165, 1.54) is 7.11 Å². The Labute approximate surface area is 93.7 Å². The molecule has 1 aromatic carbocycles. The van der Waals surface area contributed by atoms with Gasteiger partial charge in [0.2, 0.25) is 0 Å². The molecule has 0 aliphatic carbocycles. The van der Waals surface area contributed by atoms with Crippen LogP contribution in [0.4, 0.5) is 0 Å². The zero-order valence-electron chi connectivity index (χ0n) is 8.97. The molecule has 1 aliphatic rings. The molecule has 4 nitrogen and oxygen atoms in total. The van der Waals surface area contributed by atoms with E-state index in [-0.39, 0.29) is 11.8 Å². The van der Waals surface area contributed by atoms with Crippen LogP contribution in [0.15, 0.2) is 41.8 Å². The van der Waals surface area contributed by atoms with Gasteiger partial charge in [-0.2, -0.15) is 0 Å². The van der Waals surface area contributed by atoms with Crippen LogP contribution in [0.1, 0.15) is 11.5 Å². The molecule has 4 heteroatoms. The van der Waals surface area contributed by atoms with Crippen LogP contribution in [0.5, 0.6) is 0 Å². The molecule has 0 aromatic heterocycles. The lowest BCUT2D eigenvalue weighted by molar-refractivity contribution is -0.136. The molecule has 0 fully saturated rings. The molecule has 1 heterocycles. The number of rotatable bonds is 2. The van der Waals surface area contributed by atoms with Crippen LogP contribution < -0.4 is 5.73 Å². The topological polar surface area (TPSA) is 61.5 Å². The second-order valence-corrected chi connectivity index (χ2v) is 3.54. The van der Waals surface area contributed by atoms with Gasteiger partial charge in [-0.1, -0.05) is 30.3 Å². The van der Waals surface area contributed by atoms with Crippen LogP contribution >= 0.6 is 0 Å². The third-order valence-electron chi connectivity index (χ3n) is 2.63. The van der Waals surface area contributed by atoms with Gasteiger partial charge in [-0.25, -0.2) is 4.79 Å². The Morgan fingerprint density at radius 1 is 1.44 bits per heavy atom. The lowest BCUT2D eigenvalue weighted by Crippen LogP contribution is -2.14. The second-order valence-electron chi connectivity index (χ2n) is 3.54. The largest absolute Gasteiger partial charge is 0.478 e. The average Bonchev–Trinajstić information content (AvgIpc) is 2.71. The molecule has 2 N–H and O–H groups in total. The number of esters is 1. The van der Waals surface area contributed by atoms with Gasteiger partial charge in [0.05, 0.1) is 13.0 Å². The molecule has 1 unspecified atom stereocenters. The molecule has 1 atom stereocenters. The number of ether oxygens (including phenoxy) is 2. The van der Waals surface area contributed by atoms with Crippen LogP contribution in [0.3, 0.4) is 0 Å². The molecule has 0 bridgehead atoms. The van der Waals surface area contributed by atoms with Gasteiger partial charge in [0.1, 0.15) is 12.2 Å². The number of carbonyl (C=O) groups excluding carboxylic acids is 1. The molecule has 16 heavy (non-hydrogen) atoms. The summed E-state index contributed by atoms with van der Waals surface area (Å²) >= 11 is 0. The molecule has 1 aromatic rings. The summed E-state index contributed by atoms with van der Waals surface area (Å²) in [5.74, 6) is -0.391. The quantitative estimate of drug-likeness (QED) is 0.758. The van der Waals surface area contributed by atoms with E-state index in [4.69, 9.17) is 15.2 Å². The van der Waals surface area contributed by atoms with Crippen molar-refractivity contribution in [2.75, 3.05) is 13.7 Å². The minimum atomic E-state index is -0.427. The van der Waals surface area contributed by atoms with E-state index in [9.17, 15) is 4.79 Å². The van der Waals surface area contributed by atoms with Gasteiger partial charge < -0.3 is 15.2 Å². The summed E-state index contributed by atoms with van der Waals surface area (Å²) in [6.45, 7) is 0.389. The lowest BCUT2D eigenvalue weighted by Gasteiger charge is -2.10. The van der Waals surface area contributed by atoms with Crippen molar-refractivity contribution in [2.45, 2.75) is 5.92 Å². The van der Waals surface area contributed by atoms with Crippen LogP contribution in [0.25, 0.3) is 0 Å². The van der Waals surface area contributed by atoms with Gasteiger partial charge in [0.25, 0.3) is 0 Å². The highest BCUT2D eigenvalue weighted by Gasteiger charge is 2.33. The van der Waals surface area contributed by atoms with Crippen molar-refractivity contribution in [3.63, 3.8) is 0 Å². The summed E-state index contributed by atoms with van der Waals surface area (Å²) in [5, 5.41) is 0. The Morgan fingerprint density at radius 3 is 2.75 bits per heavy atom. The van der Waals surface area contributed by atoms with E-state index in [1.54, 1.807) is 0 Å². The number of hydrogen-bond acceptors (Lipinski definition) is 4. The van der Waals surface area contributed by atoms with Gasteiger partial charge >= 0.3 is 5.97 Å². The Bertz CT molecular complexity index is 425. The van der Waals surface area contributed by atoms with E-state index in [0.717, 1.165) is 5.56 Å². The normalized spacial score (nSPS) is 19.4. The fraction of sp³-hybridized carbons (Fsp3) is 0.250. The standard InChI is InChI=1S/C12H13NO3/c1-15-12(14)10-9(7-16-11(10)13)8-5-3-2-4-6-8/h2-6,9H,7,13H2,1H3. The van der Waals surface area contributed by atoms with Crippen molar-refractivity contribution in [3.8, 4) is 0 Å². The first-order chi connectivity index (χ1) is 7.74.